The molecular formula is C20H23NO3. The lowest BCUT2D eigenvalue weighted by Crippen LogP contribution is -2.26. The highest BCUT2D eigenvalue weighted by atomic mass is 16.5. The third-order valence-corrected chi connectivity index (χ3v) is 3.65. The predicted molar refractivity (Wildman–Crippen MR) is 94.6 cm³/mol. The highest BCUT2D eigenvalue weighted by molar-refractivity contribution is 5.44. The van der Waals surface area contributed by atoms with E-state index in [9.17, 15) is 5.11 Å². The third kappa shape index (κ3) is 5.39. The fraction of sp³-hybridized carbons (Fsp3) is 0.300. The first-order valence-electron chi connectivity index (χ1n) is 7.90. The molecule has 0 aliphatic rings. The zero-order chi connectivity index (χ0) is 17.2. The van der Waals surface area contributed by atoms with Crippen molar-refractivity contribution in [2.24, 2.45) is 0 Å². The summed E-state index contributed by atoms with van der Waals surface area (Å²) in [6.45, 7) is 1.90. The molecule has 0 spiro atoms. The van der Waals surface area contributed by atoms with Crippen molar-refractivity contribution >= 4 is 0 Å². The van der Waals surface area contributed by atoms with Gasteiger partial charge >= 0.3 is 0 Å². The van der Waals surface area contributed by atoms with E-state index >= 15 is 0 Å². The van der Waals surface area contributed by atoms with Gasteiger partial charge in [-0.25, -0.2) is 0 Å². The Morgan fingerprint density at radius 2 is 1.83 bits per heavy atom. The third-order valence-electron chi connectivity index (χ3n) is 3.65. The largest absolute Gasteiger partial charge is 0.496 e. The molecule has 24 heavy (non-hydrogen) atoms. The molecule has 0 atom stereocenters. The number of hydrogen-bond acceptors (Lipinski definition) is 4. The van der Waals surface area contributed by atoms with Gasteiger partial charge in [-0.2, -0.15) is 0 Å². The molecule has 0 unspecified atom stereocenters. The lowest BCUT2D eigenvalue weighted by molar-refractivity contribution is 0.183. The molecule has 2 rings (SSSR count). The number of aliphatic hydroxyl groups excluding tert-OH is 2. The molecule has 0 bridgehead atoms. The molecule has 2 aromatic rings. The Morgan fingerprint density at radius 1 is 1.04 bits per heavy atom. The average molecular weight is 325 g/mol. The van der Waals surface area contributed by atoms with Crippen LogP contribution in [0.1, 0.15) is 16.7 Å². The van der Waals surface area contributed by atoms with Crippen LogP contribution in [0.5, 0.6) is 5.75 Å². The maximum atomic E-state index is 9.37. The Labute approximate surface area is 143 Å². The van der Waals surface area contributed by atoms with Crippen LogP contribution in [0.25, 0.3) is 0 Å². The summed E-state index contributed by atoms with van der Waals surface area (Å²) in [5.74, 6) is 6.37. The first kappa shape index (κ1) is 18.0. The number of nitrogens with zero attached hydrogens (tertiary/aromatic N) is 1. The molecule has 0 saturated carbocycles. The van der Waals surface area contributed by atoms with Gasteiger partial charge in [0.15, 0.2) is 0 Å². The molecule has 0 saturated heterocycles. The van der Waals surface area contributed by atoms with Gasteiger partial charge in [0.1, 0.15) is 12.4 Å². The molecule has 0 aromatic heterocycles. The van der Waals surface area contributed by atoms with Gasteiger partial charge in [0, 0.05) is 30.8 Å². The normalized spacial score (nSPS) is 10.3. The molecule has 4 heteroatoms. The van der Waals surface area contributed by atoms with Crippen LogP contribution >= 0.6 is 0 Å². The minimum atomic E-state index is -0.161. The second kappa shape index (κ2) is 9.74. The van der Waals surface area contributed by atoms with Crippen molar-refractivity contribution < 1.29 is 14.9 Å². The van der Waals surface area contributed by atoms with Crippen LogP contribution in [0.2, 0.25) is 0 Å². The summed E-state index contributed by atoms with van der Waals surface area (Å²) < 4.78 is 5.45. The van der Waals surface area contributed by atoms with Crippen LogP contribution in [0, 0.1) is 11.8 Å². The van der Waals surface area contributed by atoms with Crippen molar-refractivity contribution in [3.8, 4) is 17.6 Å². The molecule has 2 aromatic carbocycles. The minimum absolute atomic E-state index is 0.0964. The Kier molecular flexibility index (Phi) is 7.31. The number of benzene rings is 2. The second-order valence-electron chi connectivity index (χ2n) is 5.41. The molecule has 0 radical (unpaired) electrons. The summed E-state index contributed by atoms with van der Waals surface area (Å²) in [4.78, 5) is 2.16. The van der Waals surface area contributed by atoms with Crippen LogP contribution in [-0.4, -0.2) is 42.0 Å². The zero-order valence-electron chi connectivity index (χ0n) is 13.9. The summed E-state index contributed by atoms with van der Waals surface area (Å²) in [5, 5.41) is 18.2. The van der Waals surface area contributed by atoms with Crippen molar-refractivity contribution in [1.82, 2.24) is 4.90 Å². The molecule has 0 aliphatic carbocycles. The molecule has 126 valence electrons. The van der Waals surface area contributed by atoms with E-state index in [-0.39, 0.29) is 13.2 Å². The van der Waals surface area contributed by atoms with E-state index in [1.165, 1.54) is 5.56 Å². The van der Waals surface area contributed by atoms with E-state index in [1.807, 2.05) is 36.4 Å². The molecule has 2 N–H and O–H groups in total. The van der Waals surface area contributed by atoms with Gasteiger partial charge in [-0.05, 0) is 23.8 Å². The number of rotatable bonds is 7. The van der Waals surface area contributed by atoms with Gasteiger partial charge in [0.05, 0.1) is 13.7 Å². The fourth-order valence-electron chi connectivity index (χ4n) is 2.56. The van der Waals surface area contributed by atoms with Gasteiger partial charge < -0.3 is 14.9 Å². The van der Waals surface area contributed by atoms with Crippen molar-refractivity contribution in [2.75, 3.05) is 26.9 Å². The Balaban J connectivity index is 2.20. The molecule has 0 heterocycles. The van der Waals surface area contributed by atoms with E-state index < -0.39 is 0 Å². The maximum Gasteiger partial charge on any atom is 0.123 e. The molecule has 0 aliphatic heterocycles. The summed E-state index contributed by atoms with van der Waals surface area (Å²) >= 11 is 0. The zero-order valence-corrected chi connectivity index (χ0v) is 13.9. The SMILES string of the molecule is COc1ccc(C#CCO)cc1CN(CCO)Cc1ccccc1. The van der Waals surface area contributed by atoms with Crippen LogP contribution in [0.15, 0.2) is 48.5 Å². The number of methoxy groups -OCH3 is 1. The maximum absolute atomic E-state index is 9.37. The Morgan fingerprint density at radius 3 is 2.50 bits per heavy atom. The van der Waals surface area contributed by atoms with Gasteiger partial charge in [-0.15, -0.1) is 0 Å². The van der Waals surface area contributed by atoms with Gasteiger partial charge in [0.25, 0.3) is 0 Å². The summed E-state index contributed by atoms with van der Waals surface area (Å²) in [6, 6.07) is 15.9. The smallest absolute Gasteiger partial charge is 0.123 e. The Bertz CT molecular complexity index is 689. The second-order valence-corrected chi connectivity index (χ2v) is 5.41. The van der Waals surface area contributed by atoms with Crippen molar-refractivity contribution in [1.29, 1.82) is 0 Å². The van der Waals surface area contributed by atoms with Crippen molar-refractivity contribution in [3.05, 3.63) is 65.2 Å². The minimum Gasteiger partial charge on any atom is -0.496 e. The van der Waals surface area contributed by atoms with E-state index in [0.717, 1.165) is 23.4 Å². The van der Waals surface area contributed by atoms with Crippen LogP contribution in [0.3, 0.4) is 0 Å². The van der Waals surface area contributed by atoms with Crippen molar-refractivity contribution in [3.63, 3.8) is 0 Å². The Hall–Kier alpha value is -2.32. The average Bonchev–Trinajstić information content (AvgIpc) is 2.61. The summed E-state index contributed by atoms with van der Waals surface area (Å²) in [6.07, 6.45) is 0. The van der Waals surface area contributed by atoms with E-state index in [4.69, 9.17) is 9.84 Å². The van der Waals surface area contributed by atoms with E-state index in [1.54, 1.807) is 7.11 Å². The predicted octanol–water partition coefficient (Wildman–Crippen LogP) is 2.03. The van der Waals surface area contributed by atoms with Crippen LogP contribution in [0.4, 0.5) is 0 Å². The number of ether oxygens (including phenoxy) is 1. The van der Waals surface area contributed by atoms with Crippen LogP contribution in [-0.2, 0) is 13.1 Å². The molecule has 0 fully saturated rings. The summed E-state index contributed by atoms with van der Waals surface area (Å²) in [5.41, 5.74) is 3.04. The molecule has 0 amide bonds. The quantitative estimate of drug-likeness (QED) is 0.765. The summed E-state index contributed by atoms with van der Waals surface area (Å²) in [7, 11) is 1.64. The first-order valence-corrected chi connectivity index (χ1v) is 7.90. The van der Waals surface area contributed by atoms with Gasteiger partial charge in [-0.1, -0.05) is 42.2 Å². The number of aliphatic hydroxyl groups is 2. The molecular weight excluding hydrogens is 302 g/mol. The first-order chi connectivity index (χ1) is 11.8. The van der Waals surface area contributed by atoms with Crippen molar-refractivity contribution in [2.45, 2.75) is 13.1 Å². The van der Waals surface area contributed by atoms with E-state index in [0.29, 0.717) is 13.1 Å². The van der Waals surface area contributed by atoms with E-state index in [2.05, 4.69) is 28.9 Å². The fourth-order valence-corrected chi connectivity index (χ4v) is 2.56. The lowest BCUT2D eigenvalue weighted by atomic mass is 10.1. The number of hydrogen-bond donors (Lipinski definition) is 2. The standard InChI is InChI=1S/C20H23NO3/c1-24-20-10-9-17(8-5-12-22)14-19(20)16-21(11-13-23)15-18-6-3-2-4-7-18/h2-4,6-7,9-10,14,22-23H,11-13,15-16H2,1H3. The highest BCUT2D eigenvalue weighted by Crippen LogP contribution is 2.22. The van der Waals surface area contributed by atoms with Gasteiger partial charge in [-0.3, -0.25) is 4.90 Å². The lowest BCUT2D eigenvalue weighted by Gasteiger charge is -2.22. The highest BCUT2D eigenvalue weighted by Gasteiger charge is 2.11. The van der Waals surface area contributed by atoms with Crippen LogP contribution < -0.4 is 4.74 Å². The topological polar surface area (TPSA) is 52.9 Å². The monoisotopic (exact) mass is 325 g/mol. The van der Waals surface area contributed by atoms with Gasteiger partial charge in [0.2, 0.25) is 0 Å². The molecule has 4 nitrogen and oxygen atoms in total.